The third kappa shape index (κ3) is 3.66. The lowest BCUT2D eigenvalue weighted by molar-refractivity contribution is -0.910. The summed E-state index contributed by atoms with van der Waals surface area (Å²) in [6, 6.07) is 16.4. The Labute approximate surface area is 159 Å². The van der Waals surface area contributed by atoms with Crippen molar-refractivity contribution in [1.82, 2.24) is 14.3 Å². The largest absolute Gasteiger partial charge is 0.350 e. The molecular weight excluding hydrogens is 338 g/mol. The number of carbonyl (C=O) groups excluding carboxylic acids is 1. The average Bonchev–Trinajstić information content (AvgIpc) is 3.36. The molecule has 0 spiro atoms. The van der Waals surface area contributed by atoms with Gasteiger partial charge in [0, 0.05) is 32.2 Å². The van der Waals surface area contributed by atoms with E-state index in [0.717, 1.165) is 36.6 Å². The molecule has 140 valence electrons. The van der Waals surface area contributed by atoms with Crippen molar-refractivity contribution in [2.24, 2.45) is 7.05 Å². The van der Waals surface area contributed by atoms with Crippen molar-refractivity contribution in [2.45, 2.75) is 25.8 Å². The molecule has 3 heterocycles. The average molecular weight is 364 g/mol. The predicted molar refractivity (Wildman–Crippen MR) is 105 cm³/mol. The highest BCUT2D eigenvalue weighted by Crippen LogP contribution is 2.19. The molecule has 3 aromatic rings. The molecule has 2 aromatic heterocycles. The van der Waals surface area contributed by atoms with Crippen LogP contribution in [0.25, 0.3) is 5.69 Å². The van der Waals surface area contributed by atoms with Crippen molar-refractivity contribution in [2.75, 3.05) is 18.4 Å². The molecule has 0 saturated carbocycles. The van der Waals surface area contributed by atoms with Crippen LogP contribution in [0.1, 0.15) is 30.3 Å². The molecular formula is C21H26N5O+. The molecule has 2 N–H and O–H groups in total. The fourth-order valence-corrected chi connectivity index (χ4v) is 4.06. The molecule has 1 aromatic carbocycles. The normalized spacial score (nSPS) is 19.3. The first-order valence-electron chi connectivity index (χ1n) is 9.49. The van der Waals surface area contributed by atoms with Gasteiger partial charge in [-0.15, -0.1) is 0 Å². The smallest absolute Gasteiger partial charge is 0.280 e. The summed E-state index contributed by atoms with van der Waals surface area (Å²) in [5, 5.41) is 7.60. The van der Waals surface area contributed by atoms with Crippen LogP contribution in [0.2, 0.25) is 0 Å². The second-order valence-corrected chi connectivity index (χ2v) is 7.29. The van der Waals surface area contributed by atoms with E-state index in [4.69, 9.17) is 0 Å². The Hall–Kier alpha value is -2.86. The second-order valence-electron chi connectivity index (χ2n) is 7.29. The van der Waals surface area contributed by atoms with E-state index in [9.17, 15) is 4.79 Å². The summed E-state index contributed by atoms with van der Waals surface area (Å²) in [6.07, 6.45) is 4.35. The first-order valence-corrected chi connectivity index (χ1v) is 9.49. The number of likely N-dealkylation sites (tertiary alicyclic amines) is 1. The van der Waals surface area contributed by atoms with Gasteiger partial charge in [0.05, 0.1) is 23.6 Å². The quantitative estimate of drug-likeness (QED) is 0.726. The van der Waals surface area contributed by atoms with Gasteiger partial charge in [-0.1, -0.05) is 18.2 Å². The fraction of sp³-hybridized carbons (Fsp3) is 0.333. The van der Waals surface area contributed by atoms with Crippen LogP contribution >= 0.6 is 0 Å². The predicted octanol–water partition coefficient (Wildman–Crippen LogP) is 1.88. The van der Waals surface area contributed by atoms with Crippen LogP contribution < -0.4 is 10.2 Å². The molecule has 1 fully saturated rings. The maximum Gasteiger partial charge on any atom is 0.280 e. The first kappa shape index (κ1) is 17.5. The Morgan fingerprint density at radius 3 is 2.81 bits per heavy atom. The van der Waals surface area contributed by atoms with Gasteiger partial charge in [-0.2, -0.15) is 5.10 Å². The number of rotatable bonds is 5. The number of amides is 1. The van der Waals surface area contributed by atoms with Crippen molar-refractivity contribution < 1.29 is 9.69 Å². The number of para-hydroxylation sites is 1. The molecule has 1 amide bonds. The van der Waals surface area contributed by atoms with Crippen LogP contribution in [-0.2, 0) is 11.8 Å². The van der Waals surface area contributed by atoms with Gasteiger partial charge in [-0.05, 0) is 31.2 Å². The first-order chi connectivity index (χ1) is 13.1. The molecule has 27 heavy (non-hydrogen) atoms. The minimum absolute atomic E-state index is 0.0307. The standard InChI is InChI=1S/C21H25N5O/c1-16-14-20(26(23-16)17-8-4-3-5-9-17)22-21(27)15-25-13-7-11-19(25)18-10-6-12-24(18)2/h3-6,8-10,12,14,19H,7,11,13,15H2,1-2H3,(H,22,27)/p+1/t19-/m0/s1. The second kappa shape index (κ2) is 7.40. The van der Waals surface area contributed by atoms with E-state index in [1.165, 1.54) is 10.6 Å². The number of hydrogen-bond acceptors (Lipinski definition) is 2. The van der Waals surface area contributed by atoms with Crippen molar-refractivity contribution in [1.29, 1.82) is 0 Å². The Morgan fingerprint density at radius 1 is 1.26 bits per heavy atom. The molecule has 2 atom stereocenters. The summed E-state index contributed by atoms with van der Waals surface area (Å²) in [5.74, 6) is 0.751. The van der Waals surface area contributed by atoms with E-state index in [0.29, 0.717) is 12.6 Å². The van der Waals surface area contributed by atoms with Gasteiger partial charge < -0.3 is 14.8 Å². The third-order valence-electron chi connectivity index (χ3n) is 5.31. The van der Waals surface area contributed by atoms with Gasteiger partial charge in [0.25, 0.3) is 5.91 Å². The molecule has 4 rings (SSSR count). The Balaban J connectivity index is 1.48. The van der Waals surface area contributed by atoms with E-state index >= 15 is 0 Å². The SMILES string of the molecule is Cc1cc(NC(=O)C[NH+]2CCC[C@H]2c2cccn2C)n(-c2ccccc2)n1. The van der Waals surface area contributed by atoms with Crippen LogP contribution in [0.3, 0.4) is 0 Å². The number of benzene rings is 1. The molecule has 1 saturated heterocycles. The lowest BCUT2D eigenvalue weighted by atomic mass is 10.1. The van der Waals surface area contributed by atoms with Gasteiger partial charge in [0.1, 0.15) is 11.9 Å². The minimum Gasteiger partial charge on any atom is -0.350 e. The van der Waals surface area contributed by atoms with Crippen LogP contribution in [-0.4, -0.2) is 33.3 Å². The monoisotopic (exact) mass is 364 g/mol. The zero-order chi connectivity index (χ0) is 18.8. The molecule has 1 unspecified atom stereocenters. The van der Waals surface area contributed by atoms with Crippen LogP contribution in [0.5, 0.6) is 0 Å². The summed E-state index contributed by atoms with van der Waals surface area (Å²) in [6.45, 7) is 3.43. The Kier molecular flexibility index (Phi) is 4.81. The van der Waals surface area contributed by atoms with E-state index in [2.05, 4.69) is 40.4 Å². The van der Waals surface area contributed by atoms with Crippen molar-refractivity contribution >= 4 is 11.7 Å². The number of nitrogens with zero attached hydrogens (tertiary/aromatic N) is 3. The van der Waals surface area contributed by atoms with Crippen LogP contribution in [0, 0.1) is 6.92 Å². The molecule has 1 aliphatic heterocycles. The highest BCUT2D eigenvalue weighted by Gasteiger charge is 2.33. The highest BCUT2D eigenvalue weighted by molar-refractivity contribution is 5.91. The van der Waals surface area contributed by atoms with Gasteiger partial charge >= 0.3 is 0 Å². The Bertz CT molecular complexity index is 927. The molecule has 1 aliphatic rings. The molecule has 0 bridgehead atoms. The summed E-state index contributed by atoms with van der Waals surface area (Å²) in [7, 11) is 2.08. The van der Waals surface area contributed by atoms with E-state index < -0.39 is 0 Å². The summed E-state index contributed by atoms with van der Waals surface area (Å²) in [4.78, 5) is 14.1. The summed E-state index contributed by atoms with van der Waals surface area (Å²) >= 11 is 0. The van der Waals surface area contributed by atoms with Crippen LogP contribution in [0.15, 0.2) is 54.7 Å². The number of aryl methyl sites for hydroxylation is 2. The van der Waals surface area contributed by atoms with Gasteiger partial charge in [0.2, 0.25) is 0 Å². The summed E-state index contributed by atoms with van der Waals surface area (Å²) < 4.78 is 3.96. The highest BCUT2D eigenvalue weighted by atomic mass is 16.2. The maximum atomic E-state index is 12.8. The molecule has 6 nitrogen and oxygen atoms in total. The van der Waals surface area contributed by atoms with E-state index in [1.807, 2.05) is 43.3 Å². The number of hydrogen-bond donors (Lipinski definition) is 2. The lowest BCUT2D eigenvalue weighted by Crippen LogP contribution is -3.11. The zero-order valence-corrected chi connectivity index (χ0v) is 15.9. The lowest BCUT2D eigenvalue weighted by Gasteiger charge is -2.21. The van der Waals surface area contributed by atoms with E-state index in [1.54, 1.807) is 4.68 Å². The van der Waals surface area contributed by atoms with Gasteiger partial charge in [-0.25, -0.2) is 4.68 Å². The van der Waals surface area contributed by atoms with Crippen LogP contribution in [0.4, 0.5) is 5.82 Å². The van der Waals surface area contributed by atoms with Crippen molar-refractivity contribution in [3.05, 3.63) is 66.1 Å². The molecule has 6 heteroatoms. The third-order valence-corrected chi connectivity index (χ3v) is 5.31. The number of nitrogens with one attached hydrogen (secondary N) is 2. The molecule has 0 radical (unpaired) electrons. The fourth-order valence-electron chi connectivity index (χ4n) is 4.06. The van der Waals surface area contributed by atoms with Gasteiger partial charge in [-0.3, -0.25) is 4.79 Å². The van der Waals surface area contributed by atoms with E-state index in [-0.39, 0.29) is 5.91 Å². The Morgan fingerprint density at radius 2 is 2.07 bits per heavy atom. The van der Waals surface area contributed by atoms with Crippen molar-refractivity contribution in [3.8, 4) is 5.69 Å². The minimum atomic E-state index is 0.0307. The maximum absolute atomic E-state index is 12.8. The number of carbonyl (C=O) groups is 1. The number of quaternary nitrogens is 1. The topological polar surface area (TPSA) is 56.3 Å². The van der Waals surface area contributed by atoms with Crippen molar-refractivity contribution in [3.63, 3.8) is 0 Å². The number of anilines is 1. The summed E-state index contributed by atoms with van der Waals surface area (Å²) in [5.41, 5.74) is 3.13. The molecule has 0 aliphatic carbocycles. The van der Waals surface area contributed by atoms with Gasteiger partial charge in [0.15, 0.2) is 6.54 Å². The number of aromatic nitrogens is 3. The zero-order valence-electron chi connectivity index (χ0n) is 15.9.